The fourth-order valence-corrected chi connectivity index (χ4v) is 4.84. The van der Waals surface area contributed by atoms with Crippen LogP contribution >= 0.6 is 0 Å². The predicted molar refractivity (Wildman–Crippen MR) is 130 cm³/mol. The maximum Gasteiger partial charge on any atom is 0.251 e. The zero-order chi connectivity index (χ0) is 22.6. The highest BCUT2D eigenvalue weighted by Crippen LogP contribution is 2.27. The molecule has 2 aromatic heterocycles. The molecule has 2 heterocycles. The fraction of sp³-hybridized carbons (Fsp3) is 0.333. The van der Waals surface area contributed by atoms with E-state index < -0.39 is 0 Å². The van der Waals surface area contributed by atoms with Crippen LogP contribution in [0, 0.1) is 5.92 Å². The van der Waals surface area contributed by atoms with E-state index in [1.165, 1.54) is 32.1 Å². The lowest BCUT2D eigenvalue weighted by atomic mass is 9.84. The molecular formula is C27H29N5O. The summed E-state index contributed by atoms with van der Waals surface area (Å²) in [6.45, 7) is 2.63. The average Bonchev–Trinajstić information content (AvgIpc) is 3.33. The largest absolute Gasteiger partial charge is 0.349 e. The van der Waals surface area contributed by atoms with Gasteiger partial charge in [-0.25, -0.2) is 4.68 Å². The smallest absolute Gasteiger partial charge is 0.251 e. The van der Waals surface area contributed by atoms with Gasteiger partial charge in [0.1, 0.15) is 5.69 Å². The lowest BCUT2D eigenvalue weighted by Crippen LogP contribution is -2.39. The van der Waals surface area contributed by atoms with E-state index in [0.717, 1.165) is 27.6 Å². The number of carbonyl (C=O) groups excluding carboxylic acids is 1. The second kappa shape index (κ2) is 9.53. The van der Waals surface area contributed by atoms with Crippen LogP contribution in [-0.2, 0) is 6.54 Å². The van der Waals surface area contributed by atoms with Crippen molar-refractivity contribution in [1.82, 2.24) is 25.3 Å². The molecule has 0 aliphatic heterocycles. The van der Waals surface area contributed by atoms with Gasteiger partial charge in [0.2, 0.25) is 0 Å². The standard InChI is InChI=1S/C27H29N5O/c1-19(20-7-3-2-4-8-20)29-27(33)25-10-6-5-9-24(25)17-32-18-26(30-31-32)22-11-12-23-16-28-14-13-21(23)15-22/h5-6,9-16,18-20H,2-4,7-8,17H2,1H3,(H,29,33). The summed E-state index contributed by atoms with van der Waals surface area (Å²) in [5.74, 6) is 0.567. The van der Waals surface area contributed by atoms with E-state index >= 15 is 0 Å². The van der Waals surface area contributed by atoms with Crippen LogP contribution in [0.1, 0.15) is 54.9 Å². The van der Waals surface area contributed by atoms with E-state index in [4.69, 9.17) is 0 Å². The van der Waals surface area contributed by atoms with E-state index in [-0.39, 0.29) is 11.9 Å². The number of rotatable bonds is 6. The number of aromatic nitrogens is 4. The molecular weight excluding hydrogens is 410 g/mol. The molecule has 1 aliphatic rings. The topological polar surface area (TPSA) is 72.7 Å². The third kappa shape index (κ3) is 4.80. The molecule has 0 radical (unpaired) electrons. The van der Waals surface area contributed by atoms with E-state index in [1.54, 1.807) is 10.9 Å². The third-order valence-electron chi connectivity index (χ3n) is 6.79. The highest BCUT2D eigenvalue weighted by Gasteiger charge is 2.22. The minimum Gasteiger partial charge on any atom is -0.349 e. The minimum atomic E-state index is -0.00727. The van der Waals surface area contributed by atoms with Crippen LogP contribution in [0.5, 0.6) is 0 Å². The Morgan fingerprint density at radius 3 is 2.82 bits per heavy atom. The molecule has 1 fully saturated rings. The molecule has 1 aliphatic carbocycles. The van der Waals surface area contributed by atoms with E-state index in [2.05, 4.69) is 33.6 Å². The molecule has 1 amide bonds. The predicted octanol–water partition coefficient (Wildman–Crippen LogP) is 5.24. The quantitative estimate of drug-likeness (QED) is 0.446. The van der Waals surface area contributed by atoms with Gasteiger partial charge < -0.3 is 5.32 Å². The number of pyridine rings is 1. The molecule has 168 valence electrons. The summed E-state index contributed by atoms with van der Waals surface area (Å²) >= 11 is 0. The molecule has 4 aromatic rings. The summed E-state index contributed by atoms with van der Waals surface area (Å²) in [5, 5.41) is 14.2. The van der Waals surface area contributed by atoms with Crippen LogP contribution in [0.3, 0.4) is 0 Å². The Kier molecular flexibility index (Phi) is 6.15. The number of amides is 1. The average molecular weight is 440 g/mol. The van der Waals surface area contributed by atoms with Crippen molar-refractivity contribution in [3.8, 4) is 11.3 Å². The number of benzene rings is 2. The normalized spacial score (nSPS) is 15.4. The summed E-state index contributed by atoms with van der Waals surface area (Å²) in [4.78, 5) is 17.3. The van der Waals surface area contributed by atoms with Gasteiger partial charge in [-0.1, -0.05) is 54.8 Å². The molecule has 6 heteroatoms. The molecule has 6 nitrogen and oxygen atoms in total. The van der Waals surface area contributed by atoms with Gasteiger partial charge in [-0.15, -0.1) is 5.10 Å². The van der Waals surface area contributed by atoms with Gasteiger partial charge >= 0.3 is 0 Å². The van der Waals surface area contributed by atoms with Gasteiger partial charge in [0.25, 0.3) is 5.91 Å². The maximum atomic E-state index is 13.1. The van der Waals surface area contributed by atoms with Crippen LogP contribution < -0.4 is 5.32 Å². The monoisotopic (exact) mass is 439 g/mol. The molecule has 33 heavy (non-hydrogen) atoms. The third-order valence-corrected chi connectivity index (χ3v) is 6.79. The first-order valence-electron chi connectivity index (χ1n) is 11.8. The van der Waals surface area contributed by atoms with Crippen molar-refractivity contribution in [1.29, 1.82) is 0 Å². The Morgan fingerprint density at radius 1 is 1.09 bits per heavy atom. The van der Waals surface area contributed by atoms with E-state index in [0.29, 0.717) is 18.0 Å². The molecule has 0 saturated heterocycles. The summed E-state index contributed by atoms with van der Waals surface area (Å²) in [7, 11) is 0. The van der Waals surface area contributed by atoms with Crippen LogP contribution in [0.4, 0.5) is 0 Å². The molecule has 1 N–H and O–H groups in total. The maximum absolute atomic E-state index is 13.1. The highest BCUT2D eigenvalue weighted by atomic mass is 16.1. The molecule has 0 bridgehead atoms. The Labute approximate surface area is 194 Å². The summed E-state index contributed by atoms with van der Waals surface area (Å²) in [6, 6.07) is 16.1. The minimum absolute atomic E-state index is 0.00727. The van der Waals surface area contributed by atoms with Crippen molar-refractivity contribution in [3.05, 3.63) is 78.2 Å². The Hall–Kier alpha value is -3.54. The molecule has 1 saturated carbocycles. The molecule has 1 atom stereocenters. The van der Waals surface area contributed by atoms with Crippen molar-refractivity contribution in [2.24, 2.45) is 5.92 Å². The number of nitrogens with zero attached hydrogens (tertiary/aromatic N) is 4. The van der Waals surface area contributed by atoms with Crippen LogP contribution in [0.2, 0.25) is 0 Å². The summed E-state index contributed by atoms with van der Waals surface area (Å²) in [6.07, 6.45) is 11.8. The van der Waals surface area contributed by atoms with Crippen molar-refractivity contribution in [3.63, 3.8) is 0 Å². The number of nitrogens with one attached hydrogen (secondary N) is 1. The summed E-state index contributed by atoms with van der Waals surface area (Å²) < 4.78 is 1.79. The van der Waals surface area contributed by atoms with Crippen LogP contribution in [0.25, 0.3) is 22.0 Å². The zero-order valence-corrected chi connectivity index (χ0v) is 18.9. The lowest BCUT2D eigenvalue weighted by Gasteiger charge is -2.28. The number of hydrogen-bond acceptors (Lipinski definition) is 4. The first kappa shape index (κ1) is 21.3. The molecule has 2 aromatic carbocycles. The molecule has 1 unspecified atom stereocenters. The first-order chi connectivity index (χ1) is 16.2. The van der Waals surface area contributed by atoms with Gasteiger partial charge in [0, 0.05) is 34.9 Å². The number of hydrogen-bond donors (Lipinski definition) is 1. The van der Waals surface area contributed by atoms with Gasteiger partial charge in [-0.05, 0) is 54.8 Å². The van der Waals surface area contributed by atoms with Crippen LogP contribution in [-0.4, -0.2) is 31.9 Å². The van der Waals surface area contributed by atoms with Crippen molar-refractivity contribution < 1.29 is 4.79 Å². The first-order valence-corrected chi connectivity index (χ1v) is 11.8. The second-order valence-corrected chi connectivity index (χ2v) is 9.06. The summed E-state index contributed by atoms with van der Waals surface area (Å²) in [5.41, 5.74) is 3.45. The Morgan fingerprint density at radius 2 is 1.94 bits per heavy atom. The highest BCUT2D eigenvalue weighted by molar-refractivity contribution is 5.95. The molecule has 5 rings (SSSR count). The van der Waals surface area contributed by atoms with Gasteiger partial charge in [0.15, 0.2) is 0 Å². The van der Waals surface area contributed by atoms with Gasteiger partial charge in [-0.3, -0.25) is 9.78 Å². The van der Waals surface area contributed by atoms with E-state index in [9.17, 15) is 4.79 Å². The van der Waals surface area contributed by atoms with Crippen molar-refractivity contribution in [2.45, 2.75) is 51.6 Å². The fourth-order valence-electron chi connectivity index (χ4n) is 4.84. The lowest BCUT2D eigenvalue weighted by molar-refractivity contribution is 0.0918. The number of carbonyl (C=O) groups is 1. The van der Waals surface area contributed by atoms with Crippen molar-refractivity contribution in [2.75, 3.05) is 0 Å². The number of fused-ring (bicyclic) bond motifs is 1. The second-order valence-electron chi connectivity index (χ2n) is 9.06. The van der Waals surface area contributed by atoms with E-state index in [1.807, 2.05) is 54.9 Å². The van der Waals surface area contributed by atoms with Crippen LogP contribution in [0.15, 0.2) is 67.1 Å². The molecule has 0 spiro atoms. The van der Waals surface area contributed by atoms with Gasteiger partial charge in [0.05, 0.1) is 12.7 Å². The SMILES string of the molecule is CC(NC(=O)c1ccccc1Cn1cc(-c2ccc3cnccc3c2)nn1)C1CCCCC1. The Balaban J connectivity index is 1.32. The Bertz CT molecular complexity index is 1260. The zero-order valence-electron chi connectivity index (χ0n) is 18.9. The van der Waals surface area contributed by atoms with Gasteiger partial charge in [-0.2, -0.15) is 0 Å². The van der Waals surface area contributed by atoms with Crippen molar-refractivity contribution >= 4 is 16.7 Å².